The van der Waals surface area contributed by atoms with Crippen molar-refractivity contribution in [2.75, 3.05) is 6.54 Å². The number of benzene rings is 1. The van der Waals surface area contributed by atoms with Gasteiger partial charge in [0.25, 0.3) is 11.8 Å². The third kappa shape index (κ3) is 5.34. The van der Waals surface area contributed by atoms with Crippen molar-refractivity contribution in [1.82, 2.24) is 20.6 Å². The van der Waals surface area contributed by atoms with Gasteiger partial charge in [0, 0.05) is 18.1 Å². The molecule has 0 spiro atoms. The number of carbonyl (C=O) groups is 2. The first-order chi connectivity index (χ1) is 13.5. The van der Waals surface area contributed by atoms with Gasteiger partial charge in [-0.3, -0.25) is 9.59 Å². The smallest absolute Gasteiger partial charge is 0.270 e. The first kappa shape index (κ1) is 19.9. The topological polar surface area (TPSA) is 84.0 Å². The van der Waals surface area contributed by atoms with Crippen LogP contribution < -0.4 is 10.6 Å². The van der Waals surface area contributed by atoms with E-state index >= 15 is 0 Å². The molecule has 144 valence electrons. The Labute approximate surface area is 169 Å². The molecule has 6 nitrogen and oxygen atoms in total. The average Bonchev–Trinajstić information content (AvgIpc) is 3.17. The summed E-state index contributed by atoms with van der Waals surface area (Å²) in [5.41, 5.74) is 1.18. The third-order valence-corrected chi connectivity index (χ3v) is 4.88. The molecule has 3 aromatic rings. The molecule has 3 rings (SSSR count). The summed E-state index contributed by atoms with van der Waals surface area (Å²) in [4.78, 5) is 32.3. The van der Waals surface area contributed by atoms with Gasteiger partial charge in [0.05, 0.1) is 12.1 Å². The Bertz CT molecular complexity index is 978. The second kappa shape index (κ2) is 9.38. The molecular formula is C19H16ClFN4O2S. The highest BCUT2D eigenvalue weighted by Crippen LogP contribution is 2.11. The summed E-state index contributed by atoms with van der Waals surface area (Å²) in [6, 6.07) is 9.54. The zero-order chi connectivity index (χ0) is 19.9. The van der Waals surface area contributed by atoms with Gasteiger partial charge < -0.3 is 10.6 Å². The monoisotopic (exact) mass is 418 g/mol. The Morgan fingerprint density at radius 3 is 2.68 bits per heavy atom. The van der Waals surface area contributed by atoms with Crippen LogP contribution in [-0.2, 0) is 13.0 Å². The largest absolute Gasteiger partial charge is 0.350 e. The van der Waals surface area contributed by atoms with E-state index < -0.39 is 0 Å². The summed E-state index contributed by atoms with van der Waals surface area (Å²) in [7, 11) is 0. The third-order valence-electron chi connectivity index (χ3n) is 3.81. The number of rotatable bonds is 7. The number of carbonyl (C=O) groups excluding carboxylic acids is 2. The summed E-state index contributed by atoms with van der Waals surface area (Å²) in [6.07, 6.45) is 1.77. The van der Waals surface area contributed by atoms with Crippen molar-refractivity contribution < 1.29 is 14.0 Å². The number of halogens is 2. The van der Waals surface area contributed by atoms with Crippen LogP contribution in [0.25, 0.3) is 0 Å². The van der Waals surface area contributed by atoms with E-state index in [1.807, 2.05) is 0 Å². The van der Waals surface area contributed by atoms with Gasteiger partial charge in [0.2, 0.25) is 0 Å². The van der Waals surface area contributed by atoms with Gasteiger partial charge in [0.1, 0.15) is 21.7 Å². The van der Waals surface area contributed by atoms with Crippen LogP contribution in [0.5, 0.6) is 0 Å². The van der Waals surface area contributed by atoms with E-state index in [-0.39, 0.29) is 29.9 Å². The van der Waals surface area contributed by atoms with Crippen molar-refractivity contribution in [3.63, 3.8) is 0 Å². The lowest BCUT2D eigenvalue weighted by Gasteiger charge is -2.05. The molecule has 28 heavy (non-hydrogen) atoms. The number of pyridine rings is 1. The van der Waals surface area contributed by atoms with Crippen LogP contribution in [-0.4, -0.2) is 28.3 Å². The van der Waals surface area contributed by atoms with Crippen LogP contribution in [0.3, 0.4) is 0 Å². The normalized spacial score (nSPS) is 10.5. The molecule has 2 heterocycles. The van der Waals surface area contributed by atoms with Gasteiger partial charge in [-0.2, -0.15) is 0 Å². The summed E-state index contributed by atoms with van der Waals surface area (Å²) in [5.74, 6) is -0.943. The predicted octanol–water partition coefficient (Wildman–Crippen LogP) is 3.23. The first-order valence-electron chi connectivity index (χ1n) is 8.38. The van der Waals surface area contributed by atoms with E-state index in [0.29, 0.717) is 34.3 Å². The van der Waals surface area contributed by atoms with E-state index in [1.165, 1.54) is 29.7 Å². The van der Waals surface area contributed by atoms with E-state index in [2.05, 4.69) is 20.6 Å². The van der Waals surface area contributed by atoms with Gasteiger partial charge in [-0.05, 0) is 30.2 Å². The SMILES string of the molecule is O=C(NCc1nc(C(=O)NCCc2ccccc2F)cs1)c1ccc(Cl)nc1. The number of hydrogen-bond donors (Lipinski definition) is 2. The highest BCUT2D eigenvalue weighted by Gasteiger charge is 2.12. The molecule has 0 radical (unpaired) electrons. The number of nitrogens with zero attached hydrogens (tertiary/aromatic N) is 2. The fourth-order valence-electron chi connectivity index (χ4n) is 2.37. The Balaban J connectivity index is 1.47. The molecule has 0 unspecified atom stereocenters. The van der Waals surface area contributed by atoms with E-state index in [0.717, 1.165) is 0 Å². The molecule has 0 aliphatic heterocycles. The molecular weight excluding hydrogens is 403 g/mol. The number of thiazole rings is 1. The average molecular weight is 419 g/mol. The lowest BCUT2D eigenvalue weighted by atomic mass is 10.1. The summed E-state index contributed by atoms with van der Waals surface area (Å²) in [5, 5.41) is 7.94. The minimum absolute atomic E-state index is 0.189. The highest BCUT2D eigenvalue weighted by molar-refractivity contribution is 7.09. The quantitative estimate of drug-likeness (QED) is 0.577. The molecule has 0 atom stereocenters. The van der Waals surface area contributed by atoms with Gasteiger partial charge in [-0.25, -0.2) is 14.4 Å². The molecule has 0 saturated carbocycles. The summed E-state index contributed by atoms with van der Waals surface area (Å²) in [6.45, 7) is 0.488. The molecule has 0 saturated heterocycles. The van der Waals surface area contributed by atoms with Gasteiger partial charge >= 0.3 is 0 Å². The maximum Gasteiger partial charge on any atom is 0.270 e. The summed E-state index contributed by atoms with van der Waals surface area (Å²) < 4.78 is 13.6. The van der Waals surface area contributed by atoms with Crippen LogP contribution in [0.1, 0.15) is 31.4 Å². The van der Waals surface area contributed by atoms with Crippen LogP contribution in [0.15, 0.2) is 48.0 Å². The zero-order valence-corrected chi connectivity index (χ0v) is 16.2. The fraction of sp³-hybridized carbons (Fsp3) is 0.158. The minimum Gasteiger partial charge on any atom is -0.350 e. The summed E-state index contributed by atoms with van der Waals surface area (Å²) >= 11 is 6.96. The Morgan fingerprint density at radius 2 is 1.93 bits per heavy atom. The zero-order valence-electron chi connectivity index (χ0n) is 14.6. The molecule has 0 aliphatic rings. The number of hydrogen-bond acceptors (Lipinski definition) is 5. The molecule has 1 aromatic carbocycles. The minimum atomic E-state index is -0.341. The van der Waals surface area contributed by atoms with Crippen molar-refractivity contribution in [1.29, 1.82) is 0 Å². The number of aromatic nitrogens is 2. The van der Waals surface area contributed by atoms with Crippen molar-refractivity contribution >= 4 is 34.8 Å². The molecule has 2 amide bonds. The maximum absolute atomic E-state index is 13.6. The molecule has 0 aliphatic carbocycles. The second-order valence-electron chi connectivity index (χ2n) is 5.78. The van der Waals surface area contributed by atoms with Crippen molar-refractivity contribution in [3.05, 3.63) is 80.8 Å². The molecule has 2 aromatic heterocycles. The van der Waals surface area contributed by atoms with E-state index in [4.69, 9.17) is 11.6 Å². The van der Waals surface area contributed by atoms with Crippen molar-refractivity contribution in [2.24, 2.45) is 0 Å². The number of nitrogens with one attached hydrogen (secondary N) is 2. The Hall–Kier alpha value is -2.84. The van der Waals surface area contributed by atoms with Crippen molar-refractivity contribution in [2.45, 2.75) is 13.0 Å². The van der Waals surface area contributed by atoms with Crippen LogP contribution in [0.2, 0.25) is 5.15 Å². The van der Waals surface area contributed by atoms with Crippen LogP contribution in [0, 0.1) is 5.82 Å². The predicted molar refractivity (Wildman–Crippen MR) is 105 cm³/mol. The standard InChI is InChI=1S/C19H16ClFN4O2S/c20-16-6-5-13(9-23-16)18(26)24-10-17-25-15(11-28-17)19(27)22-8-7-12-3-1-2-4-14(12)21/h1-6,9,11H,7-8,10H2,(H,22,27)(H,24,26). The van der Waals surface area contributed by atoms with Crippen molar-refractivity contribution in [3.8, 4) is 0 Å². The first-order valence-corrected chi connectivity index (χ1v) is 9.64. The fourth-order valence-corrected chi connectivity index (χ4v) is 3.19. The van der Waals surface area contributed by atoms with Crippen LogP contribution in [0.4, 0.5) is 4.39 Å². The van der Waals surface area contributed by atoms with Gasteiger partial charge in [0.15, 0.2) is 0 Å². The molecule has 0 fully saturated rings. The molecule has 0 bridgehead atoms. The Morgan fingerprint density at radius 1 is 1.11 bits per heavy atom. The van der Waals surface area contributed by atoms with E-state index in [1.54, 1.807) is 29.6 Å². The Kier molecular flexibility index (Phi) is 6.67. The number of amides is 2. The highest BCUT2D eigenvalue weighted by atomic mass is 35.5. The van der Waals surface area contributed by atoms with Gasteiger partial charge in [-0.1, -0.05) is 29.8 Å². The molecule has 9 heteroatoms. The second-order valence-corrected chi connectivity index (χ2v) is 7.11. The molecule has 2 N–H and O–H groups in total. The maximum atomic E-state index is 13.6. The van der Waals surface area contributed by atoms with Gasteiger partial charge in [-0.15, -0.1) is 11.3 Å². The lowest BCUT2D eigenvalue weighted by molar-refractivity contribution is 0.0945. The van der Waals surface area contributed by atoms with Crippen LogP contribution >= 0.6 is 22.9 Å². The lowest BCUT2D eigenvalue weighted by Crippen LogP contribution is -2.26. The van der Waals surface area contributed by atoms with E-state index in [9.17, 15) is 14.0 Å².